The first-order valence-corrected chi connectivity index (χ1v) is 17.4. The Bertz CT molecular complexity index is 1830. The van der Waals surface area contributed by atoms with Gasteiger partial charge in [-0.3, -0.25) is 14.9 Å². The molecule has 2 aromatic rings. The van der Waals surface area contributed by atoms with Crippen LogP contribution in [-0.2, 0) is 4.74 Å². The van der Waals surface area contributed by atoms with Gasteiger partial charge < -0.3 is 9.64 Å². The minimum atomic E-state index is -2.61. The van der Waals surface area contributed by atoms with Crippen molar-refractivity contribution >= 4 is 35.1 Å². The minimum absolute atomic E-state index is 0.0246. The summed E-state index contributed by atoms with van der Waals surface area (Å²) >= 11 is 0. The average Bonchev–Trinajstić information content (AvgIpc) is 3.41. The van der Waals surface area contributed by atoms with Crippen molar-refractivity contribution in [2.75, 3.05) is 45.9 Å². The molecule has 4 fully saturated rings. The molecule has 3 heterocycles. The Morgan fingerprint density at radius 2 is 1.92 bits per heavy atom. The van der Waals surface area contributed by atoms with E-state index in [1.807, 2.05) is 17.9 Å². The number of aryl methyl sites for hydroxylation is 1. The van der Waals surface area contributed by atoms with Crippen LogP contribution >= 0.6 is 0 Å². The molecule has 0 bridgehead atoms. The topological polar surface area (TPSA) is 52.8 Å². The standard InChI is InChI=1S/C39H43F4N5O/c1-5-27-31(40)11-10-26-19-24(2)20-28(33(26)27)35-34(41)36(29(21-45-35)37(44-4)47-15-8-17-49-18-16-47)46-23-38-12-6-9-32(38)48(14-7-13-38)22-30-25(3)39(30,42)43/h1,10-11,19-21,25,30,32H,4,6-9,12-18,22-23H2,2-3H3/b37-29+,46-36?. The second kappa shape index (κ2) is 13.1. The third-order valence-corrected chi connectivity index (χ3v) is 11.5. The van der Waals surface area contributed by atoms with Crippen LogP contribution in [0.2, 0.25) is 0 Å². The van der Waals surface area contributed by atoms with E-state index in [-0.39, 0.29) is 28.4 Å². The van der Waals surface area contributed by atoms with Crippen LogP contribution in [0.4, 0.5) is 17.6 Å². The number of likely N-dealkylation sites (tertiary alicyclic amines) is 1. The van der Waals surface area contributed by atoms with Gasteiger partial charge in [0, 0.05) is 73.2 Å². The molecule has 6 nitrogen and oxygen atoms in total. The van der Waals surface area contributed by atoms with Crippen LogP contribution in [0.5, 0.6) is 0 Å². The van der Waals surface area contributed by atoms with Crippen molar-refractivity contribution in [3.63, 3.8) is 0 Å². The summed E-state index contributed by atoms with van der Waals surface area (Å²) in [7, 11) is 0. The monoisotopic (exact) mass is 673 g/mol. The van der Waals surface area contributed by atoms with Crippen molar-refractivity contribution in [2.45, 2.75) is 64.3 Å². The minimum Gasteiger partial charge on any atom is -0.380 e. The molecule has 49 heavy (non-hydrogen) atoms. The van der Waals surface area contributed by atoms with Gasteiger partial charge in [0.15, 0.2) is 5.83 Å². The molecule has 2 aromatic carbocycles. The molecule has 3 aliphatic heterocycles. The van der Waals surface area contributed by atoms with Gasteiger partial charge in [-0.15, -0.1) is 6.42 Å². The van der Waals surface area contributed by atoms with Crippen LogP contribution in [0.3, 0.4) is 0 Å². The lowest BCUT2D eigenvalue weighted by atomic mass is 9.74. The Morgan fingerprint density at radius 3 is 2.67 bits per heavy atom. The van der Waals surface area contributed by atoms with Gasteiger partial charge in [0.1, 0.15) is 23.0 Å². The summed E-state index contributed by atoms with van der Waals surface area (Å²) in [5.74, 6) is -2.11. The number of fused-ring (bicyclic) bond motifs is 2. The molecular formula is C39H43F4N5O. The molecule has 0 N–H and O–H groups in total. The Morgan fingerprint density at radius 1 is 1.12 bits per heavy atom. The molecular weight excluding hydrogens is 630 g/mol. The van der Waals surface area contributed by atoms with E-state index < -0.39 is 29.4 Å². The van der Waals surface area contributed by atoms with E-state index in [0.29, 0.717) is 67.1 Å². The third kappa shape index (κ3) is 5.93. The maximum absolute atomic E-state index is 17.3. The van der Waals surface area contributed by atoms with E-state index in [9.17, 15) is 8.78 Å². The van der Waals surface area contributed by atoms with Crippen molar-refractivity contribution in [3.8, 4) is 12.3 Å². The van der Waals surface area contributed by atoms with Crippen LogP contribution in [0, 0.1) is 42.3 Å². The lowest BCUT2D eigenvalue weighted by Gasteiger charge is -2.46. The van der Waals surface area contributed by atoms with E-state index >= 15 is 8.78 Å². The highest BCUT2D eigenvalue weighted by Gasteiger charge is 2.66. The number of aliphatic imine (C=N–C) groups is 3. The molecule has 5 aliphatic rings. The third-order valence-electron chi connectivity index (χ3n) is 11.5. The summed E-state index contributed by atoms with van der Waals surface area (Å²) in [4.78, 5) is 18.4. The van der Waals surface area contributed by atoms with Gasteiger partial charge >= 0.3 is 0 Å². The summed E-state index contributed by atoms with van der Waals surface area (Å²) in [6.07, 6.45) is 12.7. The quantitative estimate of drug-likeness (QED) is 0.173. The zero-order valence-corrected chi connectivity index (χ0v) is 28.3. The van der Waals surface area contributed by atoms with Crippen LogP contribution in [0.1, 0.15) is 62.1 Å². The predicted octanol–water partition coefficient (Wildman–Crippen LogP) is 7.60. The zero-order valence-electron chi connectivity index (χ0n) is 28.3. The van der Waals surface area contributed by atoms with Crippen LogP contribution in [0.25, 0.3) is 16.5 Å². The SMILES string of the molecule is C#Cc1c(F)ccc2cc(C)cc(C3=C(F)C(=NCC45CCCC4N(CC4C(C)C4(F)F)CCC5)/C(=C(\N=C)N4CCCOCC4)C=N3)c12. The van der Waals surface area contributed by atoms with Gasteiger partial charge in [-0.25, -0.2) is 22.6 Å². The lowest BCUT2D eigenvalue weighted by Crippen LogP contribution is -2.51. The van der Waals surface area contributed by atoms with Crippen LogP contribution in [0.15, 0.2) is 56.5 Å². The lowest BCUT2D eigenvalue weighted by molar-refractivity contribution is 0.0223. The number of allylic oxidation sites excluding steroid dienone is 2. The molecule has 258 valence electrons. The smallest absolute Gasteiger partial charge is 0.255 e. The van der Waals surface area contributed by atoms with E-state index in [0.717, 1.165) is 50.6 Å². The Balaban J connectivity index is 1.34. The number of piperidine rings is 1. The maximum Gasteiger partial charge on any atom is 0.255 e. The second-order valence-electron chi connectivity index (χ2n) is 14.3. The first kappa shape index (κ1) is 33.7. The highest BCUT2D eigenvalue weighted by molar-refractivity contribution is 6.29. The number of rotatable bonds is 7. The first-order chi connectivity index (χ1) is 23.6. The van der Waals surface area contributed by atoms with E-state index in [1.165, 1.54) is 6.07 Å². The number of benzene rings is 2. The summed E-state index contributed by atoms with van der Waals surface area (Å²) in [6.45, 7) is 11.2. The molecule has 0 amide bonds. The van der Waals surface area contributed by atoms with Gasteiger partial charge in [-0.05, 0) is 75.4 Å². The molecule has 2 saturated heterocycles. The van der Waals surface area contributed by atoms with Crippen molar-refractivity contribution in [1.82, 2.24) is 9.80 Å². The largest absolute Gasteiger partial charge is 0.380 e. The van der Waals surface area contributed by atoms with Gasteiger partial charge in [-0.2, -0.15) is 0 Å². The van der Waals surface area contributed by atoms with Gasteiger partial charge in [0.05, 0.1) is 17.7 Å². The summed E-state index contributed by atoms with van der Waals surface area (Å²) in [5, 5.41) is 1.10. The van der Waals surface area contributed by atoms with Crippen molar-refractivity contribution < 1.29 is 22.3 Å². The number of terminal acetylenes is 1. The molecule has 2 aliphatic carbocycles. The fraction of sp³-hybridized carbons (Fsp3) is 0.513. The number of alkyl halides is 2. The van der Waals surface area contributed by atoms with Gasteiger partial charge in [-0.1, -0.05) is 31.4 Å². The number of ether oxygens (including phenoxy) is 1. The second-order valence-corrected chi connectivity index (χ2v) is 14.3. The molecule has 0 spiro atoms. The molecule has 7 rings (SSSR count). The van der Waals surface area contributed by atoms with E-state index in [4.69, 9.17) is 16.2 Å². The highest BCUT2D eigenvalue weighted by Crippen LogP contribution is 2.57. The molecule has 4 atom stereocenters. The number of halogens is 4. The van der Waals surface area contributed by atoms with Crippen molar-refractivity contribution in [1.29, 1.82) is 0 Å². The fourth-order valence-corrected chi connectivity index (χ4v) is 8.80. The number of nitrogens with zero attached hydrogens (tertiary/aromatic N) is 5. The Hall–Kier alpha value is -3.81. The predicted molar refractivity (Wildman–Crippen MR) is 187 cm³/mol. The molecule has 10 heteroatoms. The number of hydrogen-bond acceptors (Lipinski definition) is 6. The van der Waals surface area contributed by atoms with Crippen molar-refractivity contribution in [2.24, 2.45) is 32.2 Å². The average molecular weight is 674 g/mol. The molecule has 4 unspecified atom stereocenters. The van der Waals surface area contributed by atoms with Gasteiger partial charge in [0.25, 0.3) is 5.92 Å². The summed E-state index contributed by atoms with van der Waals surface area (Å²) in [6, 6.07) is 6.73. The van der Waals surface area contributed by atoms with E-state index in [1.54, 1.807) is 25.3 Å². The van der Waals surface area contributed by atoms with Gasteiger partial charge in [0.2, 0.25) is 0 Å². The Kier molecular flexibility index (Phi) is 9.03. The summed E-state index contributed by atoms with van der Waals surface area (Å²) in [5.41, 5.74) is 1.58. The zero-order chi connectivity index (χ0) is 34.5. The molecule has 0 aromatic heterocycles. The van der Waals surface area contributed by atoms with Crippen molar-refractivity contribution in [3.05, 3.63) is 64.0 Å². The summed E-state index contributed by atoms with van der Waals surface area (Å²) < 4.78 is 66.7. The van der Waals surface area contributed by atoms with E-state index in [2.05, 4.69) is 27.5 Å². The van der Waals surface area contributed by atoms with Crippen LogP contribution in [-0.4, -0.2) is 86.3 Å². The highest BCUT2D eigenvalue weighted by atomic mass is 19.3. The fourth-order valence-electron chi connectivity index (χ4n) is 8.80. The maximum atomic E-state index is 17.3. The first-order valence-electron chi connectivity index (χ1n) is 17.4. The Labute approximate surface area is 285 Å². The molecule has 0 radical (unpaired) electrons. The normalized spacial score (nSPS) is 30.3. The molecule has 2 saturated carbocycles. The number of hydrogen-bond donors (Lipinski definition) is 0. The van der Waals surface area contributed by atoms with Crippen LogP contribution < -0.4 is 0 Å².